The molecule has 1 saturated heterocycles. The van der Waals surface area contributed by atoms with Gasteiger partial charge in [0.05, 0.1) is 6.54 Å². The minimum absolute atomic E-state index is 0.150. The Balaban J connectivity index is 1.51. The number of aromatic nitrogens is 1. The maximum atomic E-state index is 12.4. The van der Waals surface area contributed by atoms with Gasteiger partial charge in [-0.15, -0.1) is 11.3 Å². The Labute approximate surface area is 145 Å². The normalized spacial score (nSPS) is 16.8. The molecule has 0 unspecified atom stereocenters. The number of amides is 1. The van der Waals surface area contributed by atoms with E-state index in [9.17, 15) is 13.2 Å². The van der Waals surface area contributed by atoms with Crippen LogP contribution >= 0.6 is 11.3 Å². The predicted molar refractivity (Wildman–Crippen MR) is 92.4 cm³/mol. The van der Waals surface area contributed by atoms with Crippen molar-refractivity contribution in [2.24, 2.45) is 0 Å². The number of rotatable bonds is 5. The van der Waals surface area contributed by atoms with Crippen LogP contribution in [0.2, 0.25) is 0 Å². The summed E-state index contributed by atoms with van der Waals surface area (Å²) in [5.41, 5.74) is 0. The molecule has 9 heteroatoms. The highest BCUT2D eigenvalue weighted by atomic mass is 32.2. The summed E-state index contributed by atoms with van der Waals surface area (Å²) in [4.78, 5) is 18.0. The summed E-state index contributed by atoms with van der Waals surface area (Å²) in [7, 11) is -3.40. The van der Waals surface area contributed by atoms with Gasteiger partial charge in [-0.2, -0.15) is 4.31 Å². The number of hydrogen-bond acceptors (Lipinski definition) is 6. The number of anilines is 1. The van der Waals surface area contributed by atoms with E-state index in [2.05, 4.69) is 10.3 Å². The Morgan fingerprint density at radius 3 is 2.58 bits per heavy atom. The average Bonchev–Trinajstić information content (AvgIpc) is 3.11. The van der Waals surface area contributed by atoms with Crippen LogP contribution in [0.15, 0.2) is 46.1 Å². The third-order valence-corrected chi connectivity index (χ3v) is 6.99. The second-order valence-corrected chi connectivity index (χ2v) is 8.49. The number of pyridine rings is 1. The first-order valence-corrected chi connectivity index (χ1v) is 9.84. The van der Waals surface area contributed by atoms with Crippen molar-refractivity contribution >= 4 is 33.1 Å². The number of thiophene rings is 1. The Morgan fingerprint density at radius 2 is 1.96 bits per heavy atom. The molecule has 3 rings (SSSR count). The first-order valence-electron chi connectivity index (χ1n) is 7.52. The molecular weight excluding hydrogens is 348 g/mol. The number of carbonyl (C=O) groups is 1. The SMILES string of the molecule is O=C(CN1CCN(S(=O)(=O)c2cccs2)CC1)Nc1ccccn1. The van der Waals surface area contributed by atoms with E-state index in [1.54, 1.807) is 41.9 Å². The van der Waals surface area contributed by atoms with E-state index < -0.39 is 10.0 Å². The molecule has 0 spiro atoms. The third kappa shape index (κ3) is 3.99. The van der Waals surface area contributed by atoms with Gasteiger partial charge in [-0.05, 0) is 23.6 Å². The molecule has 1 amide bonds. The molecule has 3 heterocycles. The monoisotopic (exact) mass is 366 g/mol. The lowest BCUT2D eigenvalue weighted by Gasteiger charge is -2.33. The molecule has 0 radical (unpaired) electrons. The van der Waals surface area contributed by atoms with E-state index in [0.29, 0.717) is 36.2 Å². The van der Waals surface area contributed by atoms with Crippen LogP contribution < -0.4 is 5.32 Å². The molecular formula is C15H18N4O3S2. The summed E-state index contributed by atoms with van der Waals surface area (Å²) in [5, 5.41) is 4.49. The lowest BCUT2D eigenvalue weighted by Crippen LogP contribution is -2.50. The summed E-state index contributed by atoms with van der Waals surface area (Å²) in [5.74, 6) is 0.365. The minimum Gasteiger partial charge on any atom is -0.310 e. The standard InChI is InChI=1S/C15H18N4O3S2/c20-14(17-13-4-1-2-6-16-13)12-18-7-9-19(10-8-18)24(21,22)15-5-3-11-23-15/h1-6,11H,7-10,12H2,(H,16,17,20). The highest BCUT2D eigenvalue weighted by Crippen LogP contribution is 2.21. The van der Waals surface area contributed by atoms with E-state index in [1.807, 2.05) is 4.90 Å². The van der Waals surface area contributed by atoms with E-state index in [1.165, 1.54) is 15.6 Å². The quantitative estimate of drug-likeness (QED) is 0.856. The maximum absolute atomic E-state index is 12.4. The molecule has 7 nitrogen and oxygen atoms in total. The van der Waals surface area contributed by atoms with Crippen molar-refractivity contribution in [3.63, 3.8) is 0 Å². The van der Waals surface area contributed by atoms with Gasteiger partial charge < -0.3 is 5.32 Å². The van der Waals surface area contributed by atoms with E-state index in [0.717, 1.165) is 0 Å². The summed E-state index contributed by atoms with van der Waals surface area (Å²) in [6.07, 6.45) is 1.61. The van der Waals surface area contributed by atoms with Crippen LogP contribution in [0.5, 0.6) is 0 Å². The van der Waals surface area contributed by atoms with E-state index >= 15 is 0 Å². The van der Waals surface area contributed by atoms with Crippen LogP contribution in [-0.4, -0.2) is 61.2 Å². The Bertz CT molecular complexity index is 770. The van der Waals surface area contributed by atoms with Crippen molar-refractivity contribution in [1.29, 1.82) is 0 Å². The van der Waals surface area contributed by atoms with E-state index in [4.69, 9.17) is 0 Å². The van der Waals surface area contributed by atoms with Crippen molar-refractivity contribution in [3.05, 3.63) is 41.9 Å². The van der Waals surface area contributed by atoms with E-state index in [-0.39, 0.29) is 12.5 Å². The highest BCUT2D eigenvalue weighted by molar-refractivity contribution is 7.91. The molecule has 2 aromatic heterocycles. The number of nitrogens with one attached hydrogen (secondary N) is 1. The molecule has 2 aromatic rings. The zero-order valence-electron chi connectivity index (χ0n) is 13.0. The van der Waals surface area contributed by atoms with Crippen molar-refractivity contribution in [2.45, 2.75) is 4.21 Å². The minimum atomic E-state index is -3.40. The smallest absolute Gasteiger partial charge is 0.252 e. The molecule has 1 aliphatic heterocycles. The molecule has 1 aliphatic rings. The first kappa shape index (κ1) is 17.0. The van der Waals surface area contributed by atoms with Gasteiger partial charge in [-0.1, -0.05) is 12.1 Å². The fraction of sp³-hybridized carbons (Fsp3) is 0.333. The van der Waals surface area contributed by atoms with Crippen LogP contribution in [0, 0.1) is 0 Å². The van der Waals surface area contributed by atoms with Gasteiger partial charge in [-0.3, -0.25) is 9.69 Å². The number of hydrogen-bond donors (Lipinski definition) is 1. The van der Waals surface area contributed by atoms with Crippen LogP contribution in [-0.2, 0) is 14.8 Å². The zero-order valence-corrected chi connectivity index (χ0v) is 14.6. The third-order valence-electron chi connectivity index (χ3n) is 3.72. The second kappa shape index (κ2) is 7.39. The Morgan fingerprint density at radius 1 is 1.17 bits per heavy atom. The van der Waals surface area contributed by atoms with Gasteiger partial charge in [0, 0.05) is 32.4 Å². The van der Waals surface area contributed by atoms with Gasteiger partial charge in [0.25, 0.3) is 10.0 Å². The number of sulfonamides is 1. The second-order valence-electron chi connectivity index (χ2n) is 5.38. The largest absolute Gasteiger partial charge is 0.310 e. The topological polar surface area (TPSA) is 82.6 Å². The Kier molecular flexibility index (Phi) is 5.24. The van der Waals surface area contributed by atoms with Crippen molar-refractivity contribution < 1.29 is 13.2 Å². The fourth-order valence-corrected chi connectivity index (χ4v) is 5.05. The zero-order chi connectivity index (χ0) is 17.0. The number of carbonyl (C=O) groups excluding carboxylic acids is 1. The summed E-state index contributed by atoms with van der Waals surface area (Å²) < 4.78 is 26.7. The van der Waals surface area contributed by atoms with Crippen LogP contribution in [0.4, 0.5) is 5.82 Å². The van der Waals surface area contributed by atoms with Gasteiger partial charge >= 0.3 is 0 Å². The molecule has 0 aliphatic carbocycles. The Hall–Kier alpha value is -1.81. The summed E-state index contributed by atoms with van der Waals surface area (Å²) >= 11 is 1.22. The lowest BCUT2D eigenvalue weighted by molar-refractivity contribution is -0.117. The summed E-state index contributed by atoms with van der Waals surface area (Å²) in [6, 6.07) is 8.66. The van der Waals surface area contributed by atoms with Crippen molar-refractivity contribution in [2.75, 3.05) is 38.0 Å². The van der Waals surface area contributed by atoms with Crippen molar-refractivity contribution in [1.82, 2.24) is 14.2 Å². The molecule has 0 atom stereocenters. The number of nitrogens with zero attached hydrogens (tertiary/aromatic N) is 3. The lowest BCUT2D eigenvalue weighted by atomic mass is 10.3. The van der Waals surface area contributed by atoms with Gasteiger partial charge in [0.1, 0.15) is 10.0 Å². The predicted octanol–water partition coefficient (Wildman–Crippen LogP) is 1.09. The van der Waals surface area contributed by atoms with Crippen molar-refractivity contribution in [3.8, 4) is 0 Å². The molecule has 0 aromatic carbocycles. The molecule has 24 heavy (non-hydrogen) atoms. The molecule has 1 N–H and O–H groups in total. The molecule has 1 fully saturated rings. The van der Waals surface area contributed by atoms with Crippen LogP contribution in [0.3, 0.4) is 0 Å². The fourth-order valence-electron chi connectivity index (χ4n) is 2.49. The molecule has 0 bridgehead atoms. The first-order chi connectivity index (χ1) is 11.6. The average molecular weight is 366 g/mol. The molecule has 128 valence electrons. The summed E-state index contributed by atoms with van der Waals surface area (Å²) in [6.45, 7) is 2.05. The van der Waals surface area contributed by atoms with Gasteiger partial charge in [0.15, 0.2) is 0 Å². The van der Waals surface area contributed by atoms with Gasteiger partial charge in [-0.25, -0.2) is 13.4 Å². The van der Waals surface area contributed by atoms with Gasteiger partial charge in [0.2, 0.25) is 5.91 Å². The highest BCUT2D eigenvalue weighted by Gasteiger charge is 2.29. The number of piperazine rings is 1. The molecule has 0 saturated carbocycles. The van der Waals surface area contributed by atoms with Crippen LogP contribution in [0.1, 0.15) is 0 Å². The van der Waals surface area contributed by atoms with Crippen LogP contribution in [0.25, 0.3) is 0 Å². The maximum Gasteiger partial charge on any atom is 0.252 e.